The molecule has 1 saturated heterocycles. The molecule has 1 rings (SSSR count). The second kappa shape index (κ2) is 9.13. The monoisotopic (exact) mass is 400 g/mol. The average molecular weight is 400 g/mol. The van der Waals surface area contributed by atoms with Crippen molar-refractivity contribution >= 4 is 25.1 Å². The van der Waals surface area contributed by atoms with Crippen LogP contribution in [0.15, 0.2) is 0 Å². The van der Waals surface area contributed by atoms with Crippen molar-refractivity contribution in [2.45, 2.75) is 78.4 Å². The second-order valence-corrected chi connectivity index (χ2v) is 8.89. The van der Waals surface area contributed by atoms with Gasteiger partial charge in [0, 0.05) is 12.6 Å². The summed E-state index contributed by atoms with van der Waals surface area (Å²) in [6, 6.07) is -1.48. The summed E-state index contributed by atoms with van der Waals surface area (Å²) in [7, 11) is -1.48. The SMILES string of the molecule is C[C@H](NC(=O)OC(C)(C)C)C(=O)N1C[C@@H](CCB(O)O)C[C@](C)(C(=O)O)[C@@H]1C. The molecule has 4 atom stereocenters. The van der Waals surface area contributed by atoms with Gasteiger partial charge in [0.25, 0.3) is 0 Å². The van der Waals surface area contributed by atoms with Crippen LogP contribution in [0.1, 0.15) is 54.4 Å². The molecule has 1 fully saturated rings. The fourth-order valence-corrected chi connectivity index (χ4v) is 3.53. The number of rotatable bonds is 6. The molecule has 160 valence electrons. The number of ether oxygens (including phenoxy) is 1. The zero-order chi connectivity index (χ0) is 21.9. The number of carbonyl (C=O) groups is 3. The molecule has 10 heteroatoms. The van der Waals surface area contributed by atoms with Gasteiger partial charge in [0.1, 0.15) is 11.6 Å². The molecule has 0 aromatic carbocycles. The van der Waals surface area contributed by atoms with E-state index in [1.165, 1.54) is 11.8 Å². The lowest BCUT2D eigenvalue weighted by molar-refractivity contribution is -0.161. The highest BCUT2D eigenvalue weighted by molar-refractivity contribution is 6.40. The molecular formula is C18H33BN2O7. The lowest BCUT2D eigenvalue weighted by Crippen LogP contribution is -2.61. The third kappa shape index (κ3) is 6.37. The highest BCUT2D eigenvalue weighted by Gasteiger charge is 2.49. The normalized spacial score (nSPS) is 26.4. The highest BCUT2D eigenvalue weighted by Crippen LogP contribution is 2.40. The van der Waals surface area contributed by atoms with Crippen molar-refractivity contribution in [2.75, 3.05) is 6.54 Å². The maximum Gasteiger partial charge on any atom is 0.451 e. The van der Waals surface area contributed by atoms with Crippen molar-refractivity contribution in [3.8, 4) is 0 Å². The number of carboxylic acids is 1. The Bertz CT molecular complexity index is 593. The summed E-state index contributed by atoms with van der Waals surface area (Å²) in [6.07, 6.45) is 0.0836. The summed E-state index contributed by atoms with van der Waals surface area (Å²) >= 11 is 0. The van der Waals surface area contributed by atoms with Crippen LogP contribution in [0.2, 0.25) is 6.32 Å². The molecule has 1 heterocycles. The number of carboxylic acid groups (broad SMARTS) is 1. The van der Waals surface area contributed by atoms with E-state index in [9.17, 15) is 19.5 Å². The van der Waals surface area contributed by atoms with Crippen LogP contribution >= 0.6 is 0 Å². The number of alkyl carbamates (subject to hydrolysis) is 1. The van der Waals surface area contributed by atoms with E-state index in [1.54, 1.807) is 34.6 Å². The minimum Gasteiger partial charge on any atom is -0.481 e. The molecule has 4 N–H and O–H groups in total. The summed E-state index contributed by atoms with van der Waals surface area (Å²) in [6.45, 7) is 10.2. The van der Waals surface area contributed by atoms with E-state index in [1.807, 2.05) is 0 Å². The Morgan fingerprint density at radius 2 is 1.89 bits per heavy atom. The number of likely N-dealkylation sites (tertiary alicyclic amines) is 1. The van der Waals surface area contributed by atoms with Crippen molar-refractivity contribution in [1.82, 2.24) is 10.2 Å². The fourth-order valence-electron chi connectivity index (χ4n) is 3.53. The van der Waals surface area contributed by atoms with E-state index < -0.39 is 48.2 Å². The number of nitrogens with one attached hydrogen (secondary N) is 1. The van der Waals surface area contributed by atoms with E-state index in [2.05, 4.69) is 5.32 Å². The van der Waals surface area contributed by atoms with Crippen LogP contribution in [-0.4, -0.2) is 69.4 Å². The van der Waals surface area contributed by atoms with E-state index >= 15 is 0 Å². The molecule has 2 amide bonds. The van der Waals surface area contributed by atoms with Gasteiger partial charge in [0.2, 0.25) is 5.91 Å². The van der Waals surface area contributed by atoms with Crippen molar-refractivity contribution in [1.29, 1.82) is 0 Å². The van der Waals surface area contributed by atoms with Crippen LogP contribution in [0.3, 0.4) is 0 Å². The van der Waals surface area contributed by atoms with Gasteiger partial charge >= 0.3 is 19.2 Å². The Kier molecular flexibility index (Phi) is 7.90. The first-order chi connectivity index (χ1) is 12.7. The number of amides is 2. The van der Waals surface area contributed by atoms with Crippen LogP contribution in [-0.2, 0) is 14.3 Å². The summed E-state index contributed by atoms with van der Waals surface area (Å²) in [4.78, 5) is 38.3. The number of hydrogen-bond donors (Lipinski definition) is 4. The highest BCUT2D eigenvalue weighted by atomic mass is 16.6. The maximum atomic E-state index is 13.0. The fraction of sp³-hybridized carbons (Fsp3) is 0.833. The predicted octanol–water partition coefficient (Wildman–Crippen LogP) is 1.09. The van der Waals surface area contributed by atoms with Crippen LogP contribution in [0.25, 0.3) is 0 Å². The minimum absolute atomic E-state index is 0.0997. The van der Waals surface area contributed by atoms with Crippen LogP contribution in [0.5, 0.6) is 0 Å². The topological polar surface area (TPSA) is 136 Å². The standard InChI is InChI=1S/C18H33BN2O7/c1-11(20-16(25)28-17(3,4)5)14(22)21-10-13(7-8-19(26)27)9-18(6,12(21)2)15(23)24/h11-13,26-27H,7-10H2,1-6H3,(H,20,25)(H,23,24)/t11-,12-,13-,18-/m0/s1. The molecule has 28 heavy (non-hydrogen) atoms. The third-order valence-electron chi connectivity index (χ3n) is 5.27. The van der Waals surface area contributed by atoms with Gasteiger partial charge in [0.05, 0.1) is 5.41 Å². The van der Waals surface area contributed by atoms with Crippen LogP contribution in [0, 0.1) is 11.3 Å². The Labute approximate surface area is 166 Å². The smallest absolute Gasteiger partial charge is 0.451 e. The molecule has 0 aromatic heterocycles. The third-order valence-corrected chi connectivity index (χ3v) is 5.27. The zero-order valence-electron chi connectivity index (χ0n) is 17.6. The molecule has 0 saturated carbocycles. The molecule has 0 unspecified atom stereocenters. The largest absolute Gasteiger partial charge is 0.481 e. The average Bonchev–Trinajstić information content (AvgIpc) is 2.52. The van der Waals surface area contributed by atoms with Gasteiger partial charge in [-0.05, 0) is 60.2 Å². The molecule has 0 bridgehead atoms. The lowest BCUT2D eigenvalue weighted by Gasteiger charge is -2.48. The molecule has 0 aromatic rings. The molecule has 1 aliphatic heterocycles. The van der Waals surface area contributed by atoms with Crippen molar-refractivity contribution in [3.63, 3.8) is 0 Å². The van der Waals surface area contributed by atoms with Gasteiger partial charge in [-0.1, -0.05) is 6.42 Å². The van der Waals surface area contributed by atoms with Gasteiger partial charge in [-0.15, -0.1) is 0 Å². The van der Waals surface area contributed by atoms with Gasteiger partial charge in [-0.2, -0.15) is 0 Å². The van der Waals surface area contributed by atoms with Crippen LogP contribution in [0.4, 0.5) is 4.79 Å². The van der Waals surface area contributed by atoms with Crippen molar-refractivity contribution in [2.24, 2.45) is 11.3 Å². The number of carbonyl (C=O) groups excluding carboxylic acids is 2. The quantitative estimate of drug-likeness (QED) is 0.490. The predicted molar refractivity (Wildman–Crippen MR) is 103 cm³/mol. The van der Waals surface area contributed by atoms with E-state index in [0.717, 1.165) is 0 Å². The number of hydrogen-bond acceptors (Lipinski definition) is 6. The number of nitrogens with zero attached hydrogens (tertiary/aromatic N) is 1. The Morgan fingerprint density at radius 3 is 2.36 bits per heavy atom. The lowest BCUT2D eigenvalue weighted by atomic mass is 9.68. The molecule has 0 aliphatic carbocycles. The van der Waals surface area contributed by atoms with E-state index in [4.69, 9.17) is 14.8 Å². The van der Waals surface area contributed by atoms with Gasteiger partial charge in [0.15, 0.2) is 0 Å². The van der Waals surface area contributed by atoms with E-state index in [0.29, 0.717) is 12.8 Å². The van der Waals surface area contributed by atoms with Crippen molar-refractivity contribution in [3.05, 3.63) is 0 Å². The van der Waals surface area contributed by atoms with Gasteiger partial charge in [-0.25, -0.2) is 4.79 Å². The molecule has 0 spiro atoms. The second-order valence-electron chi connectivity index (χ2n) is 8.89. The molecule has 1 aliphatic rings. The molecule has 0 radical (unpaired) electrons. The Balaban J connectivity index is 2.95. The van der Waals surface area contributed by atoms with Crippen molar-refractivity contribution < 1.29 is 34.3 Å². The maximum absolute atomic E-state index is 13.0. The minimum atomic E-state index is -1.48. The Morgan fingerprint density at radius 1 is 1.32 bits per heavy atom. The van der Waals surface area contributed by atoms with Gasteiger partial charge in [-0.3, -0.25) is 9.59 Å². The first kappa shape index (κ1) is 24.2. The Hall–Kier alpha value is -1.81. The van der Waals surface area contributed by atoms with E-state index in [-0.39, 0.29) is 18.8 Å². The first-order valence-electron chi connectivity index (χ1n) is 9.57. The molecular weight excluding hydrogens is 367 g/mol. The summed E-state index contributed by atoms with van der Waals surface area (Å²) in [5.74, 6) is -1.61. The van der Waals surface area contributed by atoms with Crippen LogP contribution < -0.4 is 5.32 Å². The number of aliphatic carboxylic acids is 1. The summed E-state index contributed by atoms with van der Waals surface area (Å²) in [5, 5.41) is 30.5. The van der Waals surface area contributed by atoms with Gasteiger partial charge < -0.3 is 30.1 Å². The summed E-state index contributed by atoms with van der Waals surface area (Å²) in [5.41, 5.74) is -1.88. The zero-order valence-corrected chi connectivity index (χ0v) is 17.6. The summed E-state index contributed by atoms with van der Waals surface area (Å²) < 4.78 is 5.17. The number of piperidine rings is 1. The first-order valence-corrected chi connectivity index (χ1v) is 9.57. The molecule has 9 nitrogen and oxygen atoms in total.